The maximum Gasteiger partial charge on any atom is 0.119 e. The van der Waals surface area contributed by atoms with Gasteiger partial charge in [-0.3, -0.25) is 4.68 Å². The average Bonchev–Trinajstić information content (AvgIpc) is 2.74. The van der Waals surface area contributed by atoms with Crippen molar-refractivity contribution in [2.45, 2.75) is 13.0 Å². The van der Waals surface area contributed by atoms with Crippen LogP contribution in [0.15, 0.2) is 36.7 Å². The summed E-state index contributed by atoms with van der Waals surface area (Å²) in [7, 11) is 1.90. The van der Waals surface area contributed by atoms with E-state index in [-0.39, 0.29) is 6.04 Å². The van der Waals surface area contributed by atoms with Gasteiger partial charge in [0, 0.05) is 24.8 Å². The molecule has 0 fully saturated rings. The van der Waals surface area contributed by atoms with Crippen LogP contribution in [0.3, 0.4) is 0 Å². The van der Waals surface area contributed by atoms with Crippen LogP contribution in [-0.4, -0.2) is 22.4 Å². The summed E-state index contributed by atoms with van der Waals surface area (Å²) in [4.78, 5) is 0. The van der Waals surface area contributed by atoms with Crippen LogP contribution in [0.4, 0.5) is 0 Å². The summed E-state index contributed by atoms with van der Waals surface area (Å²) in [5.74, 6) is 0.837. The number of aromatic nitrogens is 2. The summed E-state index contributed by atoms with van der Waals surface area (Å²) < 4.78 is 7.37. The highest BCUT2D eigenvalue weighted by Crippen LogP contribution is 2.23. The lowest BCUT2D eigenvalue weighted by atomic mass is 10.1. The molecule has 2 N–H and O–H groups in total. The summed E-state index contributed by atoms with van der Waals surface area (Å²) in [5.41, 5.74) is 7.83. The van der Waals surface area contributed by atoms with Crippen molar-refractivity contribution in [3.63, 3.8) is 0 Å². The maximum atomic E-state index is 5.65. The first-order chi connectivity index (χ1) is 8.15. The van der Waals surface area contributed by atoms with Crippen LogP contribution in [0.5, 0.6) is 5.75 Å². The van der Waals surface area contributed by atoms with E-state index in [2.05, 4.69) is 5.10 Å². The number of aryl methyl sites for hydroxylation is 1. The summed E-state index contributed by atoms with van der Waals surface area (Å²) in [6.07, 6.45) is 3.81. The third kappa shape index (κ3) is 3.07. The number of ether oxygens (including phenoxy) is 1. The fourth-order valence-corrected chi connectivity index (χ4v) is 1.56. The van der Waals surface area contributed by atoms with Crippen molar-refractivity contribution in [1.82, 2.24) is 9.78 Å². The number of nitrogens with two attached hydrogens (primary N) is 1. The van der Waals surface area contributed by atoms with Crippen LogP contribution in [0, 0.1) is 0 Å². The molecule has 90 valence electrons. The Morgan fingerprint density at radius 3 is 2.88 bits per heavy atom. The lowest BCUT2D eigenvalue weighted by Gasteiger charge is -2.09. The van der Waals surface area contributed by atoms with Gasteiger partial charge in [0.15, 0.2) is 0 Å². The molecular weight excluding hydrogens is 214 g/mol. The molecule has 0 amide bonds. The molecule has 2 aromatic rings. The molecule has 0 aliphatic carbocycles. The highest BCUT2D eigenvalue weighted by Gasteiger charge is 2.03. The zero-order chi connectivity index (χ0) is 12.3. The summed E-state index contributed by atoms with van der Waals surface area (Å²) in [6.45, 7) is 2.45. The molecule has 1 aromatic heterocycles. The maximum absolute atomic E-state index is 5.65. The SMILES string of the molecule is CC(N)COc1cccc(-c2cnn(C)c2)c1. The third-order valence-corrected chi connectivity index (χ3v) is 2.39. The molecule has 1 aromatic carbocycles. The Morgan fingerprint density at radius 2 is 2.24 bits per heavy atom. The van der Waals surface area contributed by atoms with Crippen LogP contribution < -0.4 is 10.5 Å². The lowest BCUT2D eigenvalue weighted by molar-refractivity contribution is 0.296. The molecule has 4 nitrogen and oxygen atoms in total. The molecule has 0 aliphatic heterocycles. The van der Waals surface area contributed by atoms with E-state index < -0.39 is 0 Å². The molecule has 17 heavy (non-hydrogen) atoms. The minimum atomic E-state index is 0.0389. The van der Waals surface area contributed by atoms with Crippen molar-refractivity contribution in [3.8, 4) is 16.9 Å². The van der Waals surface area contributed by atoms with E-state index in [4.69, 9.17) is 10.5 Å². The molecule has 0 bridgehead atoms. The van der Waals surface area contributed by atoms with Crippen molar-refractivity contribution in [1.29, 1.82) is 0 Å². The van der Waals surface area contributed by atoms with Gasteiger partial charge in [-0.05, 0) is 24.6 Å². The number of hydrogen-bond acceptors (Lipinski definition) is 3. The fourth-order valence-electron chi connectivity index (χ4n) is 1.56. The first-order valence-electron chi connectivity index (χ1n) is 5.62. The molecule has 0 aliphatic rings. The minimum Gasteiger partial charge on any atom is -0.492 e. The van der Waals surface area contributed by atoms with Crippen molar-refractivity contribution < 1.29 is 4.74 Å². The second-order valence-corrected chi connectivity index (χ2v) is 4.22. The predicted molar refractivity (Wildman–Crippen MR) is 67.8 cm³/mol. The van der Waals surface area contributed by atoms with E-state index in [1.54, 1.807) is 4.68 Å². The van der Waals surface area contributed by atoms with Gasteiger partial charge in [-0.25, -0.2) is 0 Å². The van der Waals surface area contributed by atoms with Crippen molar-refractivity contribution in [2.75, 3.05) is 6.61 Å². The second kappa shape index (κ2) is 5.01. The van der Waals surface area contributed by atoms with E-state index in [0.29, 0.717) is 6.61 Å². The Hall–Kier alpha value is -1.81. The molecule has 0 spiro atoms. The minimum absolute atomic E-state index is 0.0389. The average molecular weight is 231 g/mol. The molecule has 0 saturated heterocycles. The first kappa shape index (κ1) is 11.7. The highest BCUT2D eigenvalue weighted by molar-refractivity contribution is 5.63. The predicted octanol–water partition coefficient (Wildman–Crippen LogP) is 1.81. The summed E-state index contributed by atoms with van der Waals surface area (Å²) >= 11 is 0. The van der Waals surface area contributed by atoms with Gasteiger partial charge in [0.1, 0.15) is 12.4 Å². The van der Waals surface area contributed by atoms with Gasteiger partial charge in [0.25, 0.3) is 0 Å². The van der Waals surface area contributed by atoms with Crippen LogP contribution >= 0.6 is 0 Å². The fraction of sp³-hybridized carbons (Fsp3) is 0.308. The van der Waals surface area contributed by atoms with Gasteiger partial charge in [-0.1, -0.05) is 12.1 Å². The van der Waals surface area contributed by atoms with Crippen LogP contribution in [0.25, 0.3) is 11.1 Å². The molecule has 2 rings (SSSR count). The van der Waals surface area contributed by atoms with Crippen molar-refractivity contribution >= 4 is 0 Å². The number of rotatable bonds is 4. The van der Waals surface area contributed by atoms with Gasteiger partial charge in [0.05, 0.1) is 6.20 Å². The number of nitrogens with zero attached hydrogens (tertiary/aromatic N) is 2. The topological polar surface area (TPSA) is 53.1 Å². The molecular formula is C13H17N3O. The Kier molecular flexibility index (Phi) is 3.44. The number of benzene rings is 1. The van der Waals surface area contributed by atoms with E-state index in [1.807, 2.05) is 50.6 Å². The van der Waals surface area contributed by atoms with E-state index in [0.717, 1.165) is 16.9 Å². The Balaban J connectivity index is 2.16. The van der Waals surface area contributed by atoms with Crippen molar-refractivity contribution in [3.05, 3.63) is 36.7 Å². The molecule has 0 radical (unpaired) electrons. The molecule has 1 atom stereocenters. The normalized spacial score (nSPS) is 12.4. The Labute approximate surface area is 101 Å². The highest BCUT2D eigenvalue weighted by atomic mass is 16.5. The standard InChI is InChI=1S/C13H17N3O/c1-10(14)9-17-13-5-3-4-11(6-13)12-7-15-16(2)8-12/h3-8,10H,9,14H2,1-2H3. The molecule has 1 unspecified atom stereocenters. The van der Waals surface area contributed by atoms with Crippen LogP contribution in [-0.2, 0) is 7.05 Å². The number of hydrogen-bond donors (Lipinski definition) is 1. The molecule has 4 heteroatoms. The van der Waals surface area contributed by atoms with Gasteiger partial charge < -0.3 is 10.5 Å². The van der Waals surface area contributed by atoms with Crippen LogP contribution in [0.2, 0.25) is 0 Å². The monoisotopic (exact) mass is 231 g/mol. The molecule has 0 saturated carbocycles. The smallest absolute Gasteiger partial charge is 0.119 e. The molecule has 1 heterocycles. The van der Waals surface area contributed by atoms with E-state index in [1.165, 1.54) is 0 Å². The van der Waals surface area contributed by atoms with Gasteiger partial charge in [0.2, 0.25) is 0 Å². The summed E-state index contributed by atoms with van der Waals surface area (Å²) in [6, 6.07) is 7.98. The van der Waals surface area contributed by atoms with Gasteiger partial charge in [-0.2, -0.15) is 5.10 Å². The Bertz CT molecular complexity index is 491. The van der Waals surface area contributed by atoms with E-state index in [9.17, 15) is 0 Å². The van der Waals surface area contributed by atoms with Crippen molar-refractivity contribution in [2.24, 2.45) is 12.8 Å². The largest absolute Gasteiger partial charge is 0.492 e. The Morgan fingerprint density at radius 1 is 1.41 bits per heavy atom. The summed E-state index contributed by atoms with van der Waals surface area (Å²) in [5, 5.41) is 4.15. The quantitative estimate of drug-likeness (QED) is 0.873. The lowest BCUT2D eigenvalue weighted by Crippen LogP contribution is -2.23. The van der Waals surface area contributed by atoms with Gasteiger partial charge >= 0.3 is 0 Å². The second-order valence-electron chi connectivity index (χ2n) is 4.22. The van der Waals surface area contributed by atoms with E-state index >= 15 is 0 Å². The van der Waals surface area contributed by atoms with Gasteiger partial charge in [-0.15, -0.1) is 0 Å². The zero-order valence-electron chi connectivity index (χ0n) is 10.1. The third-order valence-electron chi connectivity index (χ3n) is 2.39. The first-order valence-corrected chi connectivity index (χ1v) is 5.62. The zero-order valence-corrected chi connectivity index (χ0v) is 10.1. The van der Waals surface area contributed by atoms with Crippen LogP contribution in [0.1, 0.15) is 6.92 Å².